The molecular formula is C25H22F3N5O2S. The number of amides is 1. The Balaban J connectivity index is 1.42. The van der Waals surface area contributed by atoms with Gasteiger partial charge in [0, 0.05) is 24.6 Å². The number of aromatic nitrogens is 2. The van der Waals surface area contributed by atoms with Gasteiger partial charge in [-0.3, -0.25) is 9.69 Å². The molecule has 1 aliphatic rings. The minimum absolute atomic E-state index is 0.0267. The van der Waals surface area contributed by atoms with Crippen LogP contribution < -0.4 is 9.64 Å². The fourth-order valence-corrected chi connectivity index (χ4v) is 4.49. The maximum Gasteiger partial charge on any atom is 0.417 e. The second-order valence-corrected chi connectivity index (χ2v) is 9.00. The van der Waals surface area contributed by atoms with E-state index in [1.54, 1.807) is 37.3 Å². The third kappa shape index (κ3) is 4.77. The van der Waals surface area contributed by atoms with Crippen LogP contribution in [0.25, 0.3) is 5.69 Å². The summed E-state index contributed by atoms with van der Waals surface area (Å²) in [6.45, 7) is 4.06. The van der Waals surface area contributed by atoms with E-state index in [4.69, 9.17) is 22.2 Å². The van der Waals surface area contributed by atoms with Crippen LogP contribution in [0.3, 0.4) is 0 Å². The summed E-state index contributed by atoms with van der Waals surface area (Å²) in [5, 5.41) is 9.15. The molecule has 2 aromatic carbocycles. The van der Waals surface area contributed by atoms with Crippen LogP contribution in [0.5, 0.6) is 5.75 Å². The summed E-state index contributed by atoms with van der Waals surface area (Å²) in [5.74, 6) is 0.235. The summed E-state index contributed by atoms with van der Waals surface area (Å²) in [7, 11) is 0. The third-order valence-corrected chi connectivity index (χ3v) is 6.35. The zero-order chi connectivity index (χ0) is 26.1. The Morgan fingerprint density at radius 3 is 2.44 bits per heavy atom. The Morgan fingerprint density at radius 2 is 1.83 bits per heavy atom. The first-order valence-corrected chi connectivity index (χ1v) is 11.4. The van der Waals surface area contributed by atoms with Crippen LogP contribution in [0.2, 0.25) is 0 Å². The summed E-state index contributed by atoms with van der Waals surface area (Å²) < 4.78 is 48.0. The van der Waals surface area contributed by atoms with Crippen LogP contribution in [0.4, 0.5) is 18.9 Å². The molecule has 0 N–H and O–H groups in total. The van der Waals surface area contributed by atoms with Crippen molar-refractivity contribution in [2.24, 2.45) is 0 Å². The van der Waals surface area contributed by atoms with Crippen LogP contribution in [0.15, 0.2) is 61.2 Å². The number of ether oxygens (including phenoxy) is 1. The van der Waals surface area contributed by atoms with Crippen LogP contribution >= 0.6 is 12.2 Å². The molecule has 1 saturated heterocycles. The molecule has 186 valence electrons. The molecular weight excluding hydrogens is 491 g/mol. The van der Waals surface area contributed by atoms with E-state index in [0.29, 0.717) is 25.3 Å². The fourth-order valence-electron chi connectivity index (χ4n) is 3.98. The highest BCUT2D eigenvalue weighted by Crippen LogP contribution is 2.37. The molecule has 3 aromatic rings. The van der Waals surface area contributed by atoms with Gasteiger partial charge in [0.15, 0.2) is 5.11 Å². The minimum Gasteiger partial charge on any atom is -0.494 e. The maximum absolute atomic E-state index is 13.4. The standard InChI is InChI=1S/C25H22F3N5O2S/c1-24(2)22(34)33(19-5-4-17(15-29)21(14-19)25(26,27)28)23(36)32(24)11-3-13-35-20-8-6-18(7-9-20)31-12-10-30-16-31/h4-10,12,14,16H,3,11,13H2,1-2H3. The van der Waals surface area contributed by atoms with Crippen molar-refractivity contribution in [1.29, 1.82) is 5.26 Å². The molecule has 0 spiro atoms. The molecule has 0 aliphatic carbocycles. The number of hydrogen-bond acceptors (Lipinski definition) is 5. The number of imidazole rings is 1. The Kier molecular flexibility index (Phi) is 6.73. The van der Waals surface area contributed by atoms with Crippen molar-refractivity contribution in [2.45, 2.75) is 32.0 Å². The third-order valence-electron chi connectivity index (χ3n) is 5.94. The van der Waals surface area contributed by atoms with E-state index in [2.05, 4.69) is 4.98 Å². The topological polar surface area (TPSA) is 74.4 Å². The largest absolute Gasteiger partial charge is 0.494 e. The first-order valence-electron chi connectivity index (χ1n) is 11.0. The molecule has 1 fully saturated rings. The van der Waals surface area contributed by atoms with E-state index in [1.807, 2.05) is 35.0 Å². The fraction of sp³-hybridized carbons (Fsp3) is 0.280. The van der Waals surface area contributed by atoms with E-state index in [0.717, 1.165) is 22.7 Å². The lowest BCUT2D eigenvalue weighted by atomic mass is 10.0. The first kappa shape index (κ1) is 25.2. The van der Waals surface area contributed by atoms with Gasteiger partial charge < -0.3 is 14.2 Å². The first-order chi connectivity index (χ1) is 17.0. The number of carbonyl (C=O) groups excluding carboxylic acids is 1. The van der Waals surface area contributed by atoms with E-state index in [1.165, 1.54) is 6.07 Å². The van der Waals surface area contributed by atoms with Gasteiger partial charge in [0.1, 0.15) is 11.3 Å². The van der Waals surface area contributed by atoms with Crippen molar-refractivity contribution >= 4 is 28.9 Å². The van der Waals surface area contributed by atoms with E-state index in [9.17, 15) is 18.0 Å². The number of benzene rings is 2. The molecule has 0 saturated carbocycles. The lowest BCUT2D eigenvalue weighted by Crippen LogP contribution is -2.44. The number of nitriles is 1. The summed E-state index contributed by atoms with van der Waals surface area (Å²) in [6.07, 6.45) is 1.01. The SMILES string of the molecule is CC1(C)C(=O)N(c2ccc(C#N)c(C(F)(F)F)c2)C(=S)N1CCCOc1ccc(-n2ccnc2)cc1. The van der Waals surface area contributed by atoms with E-state index >= 15 is 0 Å². The normalized spacial score (nSPS) is 15.3. The molecule has 0 atom stereocenters. The zero-order valence-electron chi connectivity index (χ0n) is 19.5. The number of alkyl halides is 3. The maximum atomic E-state index is 13.4. The zero-order valence-corrected chi connectivity index (χ0v) is 20.3. The number of hydrogen-bond donors (Lipinski definition) is 0. The number of nitrogens with zero attached hydrogens (tertiary/aromatic N) is 5. The Morgan fingerprint density at radius 1 is 1.14 bits per heavy atom. The van der Waals surface area contributed by atoms with Gasteiger partial charge in [-0.15, -0.1) is 0 Å². The van der Waals surface area contributed by atoms with Crippen LogP contribution in [0, 0.1) is 11.3 Å². The quantitative estimate of drug-likeness (QED) is 0.329. The molecule has 1 aromatic heterocycles. The van der Waals surface area contributed by atoms with Crippen LogP contribution in [-0.2, 0) is 11.0 Å². The predicted octanol–water partition coefficient (Wildman–Crippen LogP) is 4.94. The average Bonchev–Trinajstić information content (AvgIpc) is 3.43. The van der Waals surface area contributed by atoms with Gasteiger partial charge in [-0.2, -0.15) is 18.4 Å². The van der Waals surface area contributed by atoms with Gasteiger partial charge in [-0.25, -0.2) is 4.98 Å². The average molecular weight is 514 g/mol. The number of carbonyl (C=O) groups is 1. The van der Waals surface area contributed by atoms with Crippen molar-refractivity contribution in [3.63, 3.8) is 0 Å². The molecule has 11 heteroatoms. The molecule has 0 unspecified atom stereocenters. The van der Waals surface area contributed by atoms with Gasteiger partial charge in [0.05, 0.1) is 35.8 Å². The highest BCUT2D eigenvalue weighted by Gasteiger charge is 2.49. The van der Waals surface area contributed by atoms with Gasteiger partial charge in [0.2, 0.25) is 0 Å². The van der Waals surface area contributed by atoms with E-state index < -0.39 is 28.7 Å². The van der Waals surface area contributed by atoms with Crippen molar-refractivity contribution in [3.8, 4) is 17.5 Å². The lowest BCUT2D eigenvalue weighted by molar-refractivity contribution is -0.137. The molecule has 0 radical (unpaired) electrons. The monoisotopic (exact) mass is 513 g/mol. The molecule has 0 bridgehead atoms. The number of rotatable bonds is 7. The Hall–Kier alpha value is -3.91. The van der Waals surface area contributed by atoms with Crippen molar-refractivity contribution in [1.82, 2.24) is 14.5 Å². The molecule has 1 aliphatic heterocycles. The molecule has 1 amide bonds. The summed E-state index contributed by atoms with van der Waals surface area (Å²) in [5.41, 5.74) is -1.77. The highest BCUT2D eigenvalue weighted by molar-refractivity contribution is 7.80. The van der Waals surface area contributed by atoms with Crippen molar-refractivity contribution in [3.05, 3.63) is 72.3 Å². The van der Waals surface area contributed by atoms with Gasteiger partial charge in [0.25, 0.3) is 5.91 Å². The molecule has 7 nitrogen and oxygen atoms in total. The van der Waals surface area contributed by atoms with Gasteiger partial charge >= 0.3 is 6.18 Å². The molecule has 36 heavy (non-hydrogen) atoms. The summed E-state index contributed by atoms with van der Waals surface area (Å²) in [6, 6.07) is 12.2. The lowest BCUT2D eigenvalue weighted by Gasteiger charge is -2.29. The van der Waals surface area contributed by atoms with Crippen molar-refractivity contribution in [2.75, 3.05) is 18.1 Å². The number of thiocarbonyl (C=S) groups is 1. The Labute approximate surface area is 211 Å². The Bertz CT molecular complexity index is 1310. The number of halogens is 3. The van der Waals surface area contributed by atoms with Gasteiger partial charge in [-0.05, 0) is 75.0 Å². The summed E-state index contributed by atoms with van der Waals surface area (Å²) in [4.78, 5) is 20.0. The van der Waals surface area contributed by atoms with E-state index in [-0.39, 0.29) is 10.8 Å². The van der Waals surface area contributed by atoms with Gasteiger partial charge in [-0.1, -0.05) is 0 Å². The molecule has 2 heterocycles. The molecule has 4 rings (SSSR count). The smallest absolute Gasteiger partial charge is 0.417 e. The second kappa shape index (κ2) is 9.62. The number of anilines is 1. The predicted molar refractivity (Wildman–Crippen MR) is 131 cm³/mol. The second-order valence-electron chi connectivity index (χ2n) is 8.64. The van der Waals surface area contributed by atoms with Crippen LogP contribution in [0.1, 0.15) is 31.4 Å². The summed E-state index contributed by atoms with van der Waals surface area (Å²) >= 11 is 5.50. The van der Waals surface area contributed by atoms with Crippen LogP contribution in [-0.4, -0.2) is 44.2 Å². The minimum atomic E-state index is -4.74. The highest BCUT2D eigenvalue weighted by atomic mass is 32.1. The van der Waals surface area contributed by atoms with Crippen molar-refractivity contribution < 1.29 is 22.7 Å².